The van der Waals surface area contributed by atoms with E-state index < -0.39 is 5.97 Å². The molecule has 0 aromatic heterocycles. The predicted octanol–water partition coefficient (Wildman–Crippen LogP) is 1.86. The zero-order chi connectivity index (χ0) is 15.6. The number of esters is 1. The molecule has 2 N–H and O–H groups in total. The van der Waals surface area contributed by atoms with Gasteiger partial charge < -0.3 is 15.4 Å². The van der Waals surface area contributed by atoms with Gasteiger partial charge in [0.05, 0.1) is 7.11 Å². The first kappa shape index (κ1) is 16.5. The molecule has 0 atom stereocenters. The molecular formula is C15H25N3O2. The Bertz CT molecular complexity index is 442. The molecule has 0 spiro atoms. The molecule has 0 amide bonds. The molecule has 0 bridgehead atoms. The molecule has 0 saturated carbocycles. The summed E-state index contributed by atoms with van der Waals surface area (Å²) in [7, 11) is 1.28. The molecule has 1 rings (SSSR count). The van der Waals surface area contributed by atoms with E-state index in [0.29, 0.717) is 5.70 Å². The van der Waals surface area contributed by atoms with Gasteiger partial charge in [0, 0.05) is 22.8 Å². The fourth-order valence-corrected chi connectivity index (χ4v) is 3.19. The number of nitrogens with zero attached hydrogens (tertiary/aromatic N) is 1. The summed E-state index contributed by atoms with van der Waals surface area (Å²) in [6.07, 6.45) is 1.85. The standard InChI is InChI=1S/C15H25N3O2/c1-10(12(9-16)13(19)20-6)17-11-7-14(2,3)18-15(4,5)8-11/h11,17-18H,7-8H2,1-6H3. The average Bonchev–Trinajstić information content (AvgIpc) is 2.24. The number of piperidine rings is 1. The summed E-state index contributed by atoms with van der Waals surface area (Å²) in [4.78, 5) is 11.5. The van der Waals surface area contributed by atoms with Gasteiger partial charge in [0.1, 0.15) is 6.07 Å². The third-order valence-electron chi connectivity index (χ3n) is 3.49. The van der Waals surface area contributed by atoms with Gasteiger partial charge in [0.25, 0.3) is 0 Å². The Morgan fingerprint density at radius 2 is 1.80 bits per heavy atom. The number of rotatable bonds is 3. The number of carbonyl (C=O) groups is 1. The van der Waals surface area contributed by atoms with Crippen LogP contribution in [-0.2, 0) is 9.53 Å². The third-order valence-corrected chi connectivity index (χ3v) is 3.49. The van der Waals surface area contributed by atoms with Crippen LogP contribution in [0.15, 0.2) is 11.3 Å². The van der Waals surface area contributed by atoms with Crippen LogP contribution in [0.1, 0.15) is 47.5 Å². The lowest BCUT2D eigenvalue weighted by atomic mass is 9.79. The van der Waals surface area contributed by atoms with E-state index in [0.717, 1.165) is 12.8 Å². The molecule has 0 aliphatic carbocycles. The quantitative estimate of drug-likeness (QED) is 0.468. The minimum absolute atomic E-state index is 0.0117. The zero-order valence-electron chi connectivity index (χ0n) is 13.3. The molecular weight excluding hydrogens is 254 g/mol. The van der Waals surface area contributed by atoms with E-state index in [1.54, 1.807) is 6.92 Å². The van der Waals surface area contributed by atoms with Crippen LogP contribution in [0.5, 0.6) is 0 Å². The SMILES string of the molecule is COC(=O)C(C#N)=C(C)NC1CC(C)(C)NC(C)(C)C1. The molecule has 1 aliphatic rings. The largest absolute Gasteiger partial charge is 0.465 e. The van der Waals surface area contributed by atoms with Crippen LogP contribution in [0.3, 0.4) is 0 Å². The first-order valence-corrected chi connectivity index (χ1v) is 6.85. The van der Waals surface area contributed by atoms with Crippen LogP contribution in [-0.4, -0.2) is 30.2 Å². The van der Waals surface area contributed by atoms with Crippen LogP contribution in [0, 0.1) is 11.3 Å². The van der Waals surface area contributed by atoms with Crippen molar-refractivity contribution >= 4 is 5.97 Å². The van der Waals surface area contributed by atoms with E-state index in [9.17, 15) is 4.79 Å². The first-order chi connectivity index (χ1) is 9.10. The van der Waals surface area contributed by atoms with E-state index in [1.807, 2.05) is 6.07 Å². The van der Waals surface area contributed by atoms with Crippen LogP contribution in [0.2, 0.25) is 0 Å². The summed E-state index contributed by atoms with van der Waals surface area (Å²) in [6, 6.07) is 2.13. The second-order valence-electron chi connectivity index (χ2n) is 6.75. The maximum atomic E-state index is 11.5. The smallest absolute Gasteiger partial charge is 0.350 e. The molecule has 1 aliphatic heterocycles. The zero-order valence-corrected chi connectivity index (χ0v) is 13.3. The first-order valence-electron chi connectivity index (χ1n) is 6.85. The van der Waals surface area contributed by atoms with Gasteiger partial charge in [-0.3, -0.25) is 0 Å². The second kappa shape index (κ2) is 5.84. The van der Waals surface area contributed by atoms with E-state index >= 15 is 0 Å². The maximum Gasteiger partial charge on any atom is 0.350 e. The summed E-state index contributed by atoms with van der Waals surface area (Å²) in [5.41, 5.74) is 0.648. The summed E-state index contributed by atoms with van der Waals surface area (Å²) < 4.78 is 4.62. The summed E-state index contributed by atoms with van der Waals surface area (Å²) in [6.45, 7) is 10.4. The normalized spacial score (nSPS) is 22.4. The number of carbonyl (C=O) groups excluding carboxylic acids is 1. The van der Waals surface area contributed by atoms with Crippen LogP contribution in [0.25, 0.3) is 0 Å². The Morgan fingerprint density at radius 3 is 2.20 bits per heavy atom. The van der Waals surface area contributed by atoms with Crippen molar-refractivity contribution in [3.63, 3.8) is 0 Å². The van der Waals surface area contributed by atoms with Crippen molar-refractivity contribution in [2.24, 2.45) is 0 Å². The molecule has 5 nitrogen and oxygen atoms in total. The fourth-order valence-electron chi connectivity index (χ4n) is 3.19. The van der Waals surface area contributed by atoms with E-state index in [1.165, 1.54) is 7.11 Å². The molecule has 0 radical (unpaired) electrons. The minimum Gasteiger partial charge on any atom is -0.465 e. The minimum atomic E-state index is -0.593. The third kappa shape index (κ3) is 4.24. The Kier molecular flexibility index (Phi) is 4.82. The lowest BCUT2D eigenvalue weighted by molar-refractivity contribution is -0.135. The summed E-state index contributed by atoms with van der Waals surface area (Å²) in [5, 5.41) is 16.0. The Labute approximate surface area is 121 Å². The van der Waals surface area contributed by atoms with Crippen molar-refractivity contribution in [2.75, 3.05) is 7.11 Å². The number of nitriles is 1. The highest BCUT2D eigenvalue weighted by molar-refractivity contribution is 5.93. The Morgan fingerprint density at radius 1 is 1.30 bits per heavy atom. The number of allylic oxidation sites excluding steroid dienone is 1. The summed E-state index contributed by atoms with van der Waals surface area (Å²) >= 11 is 0. The van der Waals surface area contributed by atoms with E-state index in [2.05, 4.69) is 43.1 Å². The van der Waals surface area contributed by atoms with Crippen molar-refractivity contribution in [3.8, 4) is 6.07 Å². The molecule has 112 valence electrons. The summed E-state index contributed by atoms with van der Waals surface area (Å²) in [5.74, 6) is -0.593. The Balaban J connectivity index is 2.90. The van der Waals surface area contributed by atoms with Gasteiger partial charge in [-0.05, 0) is 47.5 Å². The molecule has 1 heterocycles. The lowest BCUT2D eigenvalue weighted by Gasteiger charge is -2.47. The molecule has 1 fully saturated rings. The molecule has 20 heavy (non-hydrogen) atoms. The molecule has 0 unspecified atom stereocenters. The van der Waals surface area contributed by atoms with Gasteiger partial charge in [-0.15, -0.1) is 0 Å². The van der Waals surface area contributed by atoms with E-state index in [-0.39, 0.29) is 22.7 Å². The molecule has 0 aromatic carbocycles. The van der Waals surface area contributed by atoms with Crippen LogP contribution < -0.4 is 10.6 Å². The number of nitrogens with one attached hydrogen (secondary N) is 2. The monoisotopic (exact) mass is 279 g/mol. The van der Waals surface area contributed by atoms with Gasteiger partial charge in [-0.25, -0.2) is 4.79 Å². The van der Waals surface area contributed by atoms with Crippen molar-refractivity contribution in [3.05, 3.63) is 11.3 Å². The molecule has 0 aromatic rings. The van der Waals surface area contributed by atoms with Crippen LogP contribution >= 0.6 is 0 Å². The highest BCUT2D eigenvalue weighted by Crippen LogP contribution is 2.29. The van der Waals surface area contributed by atoms with Crippen LogP contribution in [0.4, 0.5) is 0 Å². The number of hydrogen-bond donors (Lipinski definition) is 2. The van der Waals surface area contributed by atoms with Crippen molar-refractivity contribution < 1.29 is 9.53 Å². The fraction of sp³-hybridized carbons (Fsp3) is 0.733. The molecule has 1 saturated heterocycles. The van der Waals surface area contributed by atoms with E-state index in [4.69, 9.17) is 5.26 Å². The van der Waals surface area contributed by atoms with Crippen molar-refractivity contribution in [1.82, 2.24) is 10.6 Å². The maximum absolute atomic E-state index is 11.5. The van der Waals surface area contributed by atoms with Gasteiger partial charge in [0.2, 0.25) is 0 Å². The highest BCUT2D eigenvalue weighted by atomic mass is 16.5. The molecule has 5 heteroatoms. The topological polar surface area (TPSA) is 74.2 Å². The number of methoxy groups -OCH3 is 1. The van der Waals surface area contributed by atoms with Crippen molar-refractivity contribution in [2.45, 2.75) is 64.6 Å². The van der Waals surface area contributed by atoms with Crippen molar-refractivity contribution in [1.29, 1.82) is 5.26 Å². The van der Waals surface area contributed by atoms with Gasteiger partial charge in [-0.1, -0.05) is 0 Å². The van der Waals surface area contributed by atoms with Gasteiger partial charge in [0.15, 0.2) is 5.57 Å². The Hall–Kier alpha value is -1.54. The average molecular weight is 279 g/mol. The number of hydrogen-bond acceptors (Lipinski definition) is 5. The van der Waals surface area contributed by atoms with Gasteiger partial charge in [-0.2, -0.15) is 5.26 Å². The lowest BCUT2D eigenvalue weighted by Crippen LogP contribution is -2.61. The highest BCUT2D eigenvalue weighted by Gasteiger charge is 2.37. The van der Waals surface area contributed by atoms with Gasteiger partial charge >= 0.3 is 5.97 Å². The predicted molar refractivity (Wildman–Crippen MR) is 77.8 cm³/mol. The number of ether oxygens (including phenoxy) is 1. The second-order valence-corrected chi connectivity index (χ2v) is 6.75.